The van der Waals surface area contributed by atoms with Gasteiger partial charge in [-0.25, -0.2) is 0 Å². The van der Waals surface area contributed by atoms with Crippen molar-refractivity contribution in [1.82, 2.24) is 10.3 Å². The van der Waals surface area contributed by atoms with E-state index in [2.05, 4.69) is 10.3 Å². The van der Waals surface area contributed by atoms with Gasteiger partial charge in [-0.05, 0) is 17.0 Å². The minimum atomic E-state index is -6.00. The fourth-order valence-corrected chi connectivity index (χ4v) is 0.928. The lowest BCUT2D eigenvalue weighted by molar-refractivity contribution is -0.537. The fraction of sp³-hybridized carbons (Fsp3) is 0. The lowest BCUT2D eigenvalue weighted by atomic mass is 10.3. The molecule has 0 saturated heterocycles. The summed E-state index contributed by atoms with van der Waals surface area (Å²) >= 11 is 0. The third-order valence-electron chi connectivity index (χ3n) is 1.41. The highest BCUT2D eigenvalue weighted by atomic mass is 19.5. The van der Waals surface area contributed by atoms with Crippen LogP contribution in [-0.2, 0) is 0 Å². The highest BCUT2D eigenvalue weighted by molar-refractivity contribution is 6.50. The second kappa shape index (κ2) is 4.15. The smallest absolute Gasteiger partial charge is 0.418 e. The standard InChI is InChI=1S/C6H6N3O.BF4/c10-9-6-4-2-1-3-5(6)7-8-9;2-1(3,4)5/h1-4H,(H2,7,8,10);/q+1;-1. The molecular weight excluding hydrogens is 217 g/mol. The lowest BCUT2D eigenvalue weighted by Gasteiger charge is -1.94. The van der Waals surface area contributed by atoms with Crippen LogP contribution in [0.3, 0.4) is 0 Å². The molecule has 0 radical (unpaired) electrons. The van der Waals surface area contributed by atoms with Gasteiger partial charge in [-0.3, -0.25) is 0 Å². The number of nitrogens with zero attached hydrogens (tertiary/aromatic N) is 1. The van der Waals surface area contributed by atoms with Crippen molar-refractivity contribution >= 4 is 18.3 Å². The molecule has 0 atom stereocenters. The zero-order chi connectivity index (χ0) is 11.5. The Morgan fingerprint density at radius 3 is 2.20 bits per heavy atom. The molecule has 0 aliphatic heterocycles. The summed E-state index contributed by atoms with van der Waals surface area (Å²) in [6.07, 6.45) is 0. The van der Waals surface area contributed by atoms with Gasteiger partial charge in [-0.2, -0.15) is 5.10 Å². The van der Waals surface area contributed by atoms with E-state index in [0.717, 1.165) is 5.52 Å². The molecule has 1 heterocycles. The first-order valence-corrected chi connectivity index (χ1v) is 3.83. The molecule has 0 saturated carbocycles. The van der Waals surface area contributed by atoms with Crippen LogP contribution in [0.1, 0.15) is 0 Å². The number of nitrogens with one attached hydrogen (secondary N) is 2. The number of aromatic nitrogens is 3. The van der Waals surface area contributed by atoms with Crippen molar-refractivity contribution in [1.29, 1.82) is 0 Å². The fourth-order valence-electron chi connectivity index (χ4n) is 0.928. The molecule has 15 heavy (non-hydrogen) atoms. The zero-order valence-corrected chi connectivity index (χ0v) is 7.25. The van der Waals surface area contributed by atoms with Gasteiger partial charge in [-0.1, -0.05) is 17.3 Å². The van der Waals surface area contributed by atoms with E-state index < -0.39 is 7.25 Å². The molecule has 9 heteroatoms. The molecule has 1 aromatic heterocycles. The molecule has 1 aromatic carbocycles. The minimum absolute atomic E-state index is 0.627. The van der Waals surface area contributed by atoms with Crippen LogP contribution in [0.2, 0.25) is 0 Å². The van der Waals surface area contributed by atoms with E-state index in [1.54, 1.807) is 6.07 Å². The van der Waals surface area contributed by atoms with Crippen molar-refractivity contribution < 1.29 is 21.8 Å². The normalized spacial score (nSPS) is 10.9. The van der Waals surface area contributed by atoms with Crippen molar-refractivity contribution in [2.24, 2.45) is 0 Å². The number of halogens is 4. The van der Waals surface area contributed by atoms with Gasteiger partial charge >= 0.3 is 7.25 Å². The molecule has 0 aliphatic carbocycles. The predicted molar refractivity (Wildman–Crippen MR) is 46.2 cm³/mol. The van der Waals surface area contributed by atoms with Gasteiger partial charge < -0.3 is 17.3 Å². The van der Waals surface area contributed by atoms with E-state index in [-0.39, 0.29) is 0 Å². The number of fused-ring (bicyclic) bond motifs is 1. The van der Waals surface area contributed by atoms with Gasteiger partial charge in [0.15, 0.2) is 5.52 Å². The Kier molecular flexibility index (Phi) is 3.12. The lowest BCUT2D eigenvalue weighted by Crippen LogP contribution is -2.14. The molecule has 2 aromatic rings. The number of rotatable bonds is 0. The number of aromatic amines is 2. The number of hydrogen-bond acceptors (Lipinski definition) is 1. The Balaban J connectivity index is 0.000000195. The second-order valence-corrected chi connectivity index (χ2v) is 2.54. The largest absolute Gasteiger partial charge is 0.673 e. The second-order valence-electron chi connectivity index (χ2n) is 2.54. The number of H-pyrrole nitrogens is 2. The minimum Gasteiger partial charge on any atom is -0.418 e. The zero-order valence-electron chi connectivity index (χ0n) is 7.25. The van der Waals surface area contributed by atoms with E-state index >= 15 is 0 Å². The molecule has 82 valence electrons. The van der Waals surface area contributed by atoms with Gasteiger partial charge in [-0.15, -0.1) is 0 Å². The quantitative estimate of drug-likeness (QED) is 0.398. The monoisotopic (exact) mass is 223 g/mol. The Labute approximate surface area is 80.6 Å². The topological polar surface area (TPSA) is 54.6 Å². The highest BCUT2D eigenvalue weighted by Crippen LogP contribution is 2.06. The van der Waals surface area contributed by atoms with Gasteiger partial charge in [0.2, 0.25) is 5.52 Å². The Morgan fingerprint density at radius 1 is 1.13 bits per heavy atom. The van der Waals surface area contributed by atoms with Crippen molar-refractivity contribution in [2.45, 2.75) is 0 Å². The summed E-state index contributed by atoms with van der Waals surface area (Å²) in [7, 11) is -6.00. The first kappa shape index (κ1) is 11.3. The molecule has 2 N–H and O–H groups in total. The van der Waals surface area contributed by atoms with Crippen molar-refractivity contribution in [3.8, 4) is 0 Å². The predicted octanol–water partition coefficient (Wildman–Crippen LogP) is 1.71. The molecule has 0 aliphatic rings. The molecule has 0 bridgehead atoms. The Bertz CT molecular complexity index is 485. The average molecular weight is 223 g/mol. The maximum Gasteiger partial charge on any atom is 0.673 e. The molecule has 0 spiro atoms. The third-order valence-corrected chi connectivity index (χ3v) is 1.41. The first-order valence-electron chi connectivity index (χ1n) is 3.83. The maximum absolute atomic E-state index is 10.8. The Hall–Kier alpha value is -1.80. The van der Waals surface area contributed by atoms with Crippen LogP contribution in [0, 0.1) is 4.91 Å². The number of benzene rings is 1. The summed E-state index contributed by atoms with van der Waals surface area (Å²) in [5.74, 6) is 0. The highest BCUT2D eigenvalue weighted by Gasteiger charge is 2.20. The number of para-hydroxylation sites is 2. The van der Waals surface area contributed by atoms with Crippen molar-refractivity contribution in [3.05, 3.63) is 29.2 Å². The summed E-state index contributed by atoms with van der Waals surface area (Å²) in [5.41, 5.74) is 1.44. The molecule has 0 unspecified atom stereocenters. The summed E-state index contributed by atoms with van der Waals surface area (Å²) in [6, 6.07) is 7.26. The van der Waals surface area contributed by atoms with Crippen LogP contribution in [0.25, 0.3) is 11.0 Å². The van der Waals surface area contributed by atoms with Crippen LogP contribution in [0.5, 0.6) is 0 Å². The van der Waals surface area contributed by atoms with Crippen LogP contribution in [0.15, 0.2) is 24.3 Å². The van der Waals surface area contributed by atoms with E-state index in [1.165, 1.54) is 0 Å². The molecular formula is C6H6BF4N3O. The SMILES string of the molecule is F[B-](F)(F)F.O=[n+]1[nH][nH]c2ccccc21. The van der Waals surface area contributed by atoms with Crippen molar-refractivity contribution in [2.75, 3.05) is 0 Å². The van der Waals surface area contributed by atoms with E-state index in [1.807, 2.05) is 18.2 Å². The molecule has 4 nitrogen and oxygen atoms in total. The van der Waals surface area contributed by atoms with E-state index in [0.29, 0.717) is 10.1 Å². The summed E-state index contributed by atoms with van der Waals surface area (Å²) < 4.78 is 39.7. The van der Waals surface area contributed by atoms with Gasteiger partial charge in [0.25, 0.3) is 0 Å². The van der Waals surface area contributed by atoms with Gasteiger partial charge in [0, 0.05) is 0 Å². The molecule has 0 fully saturated rings. The van der Waals surface area contributed by atoms with Crippen LogP contribution in [0.4, 0.5) is 17.3 Å². The summed E-state index contributed by atoms with van der Waals surface area (Å²) in [5, 5.41) is 5.13. The van der Waals surface area contributed by atoms with E-state index in [9.17, 15) is 22.2 Å². The first-order chi connectivity index (χ1) is 6.88. The Morgan fingerprint density at radius 2 is 1.67 bits per heavy atom. The van der Waals surface area contributed by atoms with E-state index in [4.69, 9.17) is 0 Å². The molecule has 0 amide bonds. The number of hydrogen-bond donors (Lipinski definition) is 2. The van der Waals surface area contributed by atoms with Crippen molar-refractivity contribution in [3.63, 3.8) is 0 Å². The van der Waals surface area contributed by atoms with Gasteiger partial charge in [0.05, 0.1) is 4.54 Å². The van der Waals surface area contributed by atoms with Crippen LogP contribution < -0.4 is 4.54 Å². The maximum atomic E-state index is 10.8. The average Bonchev–Trinajstić information content (AvgIpc) is 2.46. The third kappa shape index (κ3) is 3.84. The van der Waals surface area contributed by atoms with Crippen LogP contribution >= 0.6 is 0 Å². The van der Waals surface area contributed by atoms with Crippen LogP contribution in [-0.4, -0.2) is 17.6 Å². The van der Waals surface area contributed by atoms with Gasteiger partial charge in [0.1, 0.15) is 0 Å². The summed E-state index contributed by atoms with van der Waals surface area (Å²) in [4.78, 5) is 10.8. The molecule has 2 rings (SSSR count). The summed E-state index contributed by atoms with van der Waals surface area (Å²) in [6.45, 7) is 0.